The van der Waals surface area contributed by atoms with Crippen molar-refractivity contribution in [2.45, 2.75) is 0 Å². The highest BCUT2D eigenvalue weighted by Gasteiger charge is 2.14. The van der Waals surface area contributed by atoms with E-state index >= 15 is 0 Å². The summed E-state index contributed by atoms with van der Waals surface area (Å²) >= 11 is 3.45. The van der Waals surface area contributed by atoms with Gasteiger partial charge in [-0.05, 0) is 18.2 Å². The molecule has 1 aliphatic rings. The molecule has 0 saturated heterocycles. The van der Waals surface area contributed by atoms with Crippen molar-refractivity contribution in [1.29, 1.82) is 0 Å². The van der Waals surface area contributed by atoms with Crippen LogP contribution in [0.25, 0.3) is 10.9 Å². The third kappa shape index (κ3) is 1.39. The van der Waals surface area contributed by atoms with Crippen LogP contribution in [-0.2, 0) is 4.74 Å². The number of hydrogen-bond acceptors (Lipinski definition) is 3. The Bertz CT molecular complexity index is 547. The first kappa shape index (κ1) is 8.79. The van der Waals surface area contributed by atoms with Crippen molar-refractivity contribution in [3.05, 3.63) is 34.4 Å². The van der Waals surface area contributed by atoms with E-state index in [0.717, 1.165) is 20.9 Å². The van der Waals surface area contributed by atoms with Crippen molar-refractivity contribution in [3.8, 4) is 0 Å². The number of benzene rings is 1. The van der Waals surface area contributed by atoms with Crippen LogP contribution in [0.3, 0.4) is 0 Å². The van der Waals surface area contributed by atoms with Crippen LogP contribution in [0, 0.1) is 0 Å². The highest BCUT2D eigenvalue weighted by Crippen LogP contribution is 2.23. The molecule has 2 aromatic rings. The molecule has 4 nitrogen and oxygen atoms in total. The molecule has 76 valence electrons. The summed E-state index contributed by atoms with van der Waals surface area (Å²) in [6, 6.07) is 6.06. The third-order valence-corrected chi connectivity index (χ3v) is 2.82. The Balaban J connectivity index is 2.22. The fourth-order valence-corrected chi connectivity index (χ4v) is 2.01. The topological polar surface area (TPSA) is 49.4 Å². The summed E-state index contributed by atoms with van der Waals surface area (Å²) in [7, 11) is 0. The summed E-state index contributed by atoms with van der Waals surface area (Å²) in [6.45, 7) is 0.440. The first-order valence-corrected chi connectivity index (χ1v) is 5.34. The van der Waals surface area contributed by atoms with Gasteiger partial charge in [-0.1, -0.05) is 15.9 Å². The van der Waals surface area contributed by atoms with Crippen LogP contribution < -0.4 is 5.43 Å². The number of aromatic nitrogens is 1. The van der Waals surface area contributed by atoms with Gasteiger partial charge in [0, 0.05) is 21.6 Å². The molecule has 15 heavy (non-hydrogen) atoms. The number of nitrogens with zero attached hydrogens (tertiary/aromatic N) is 1. The first-order chi connectivity index (χ1) is 7.34. The van der Waals surface area contributed by atoms with Gasteiger partial charge >= 0.3 is 0 Å². The van der Waals surface area contributed by atoms with Gasteiger partial charge in [-0.3, -0.25) is 5.43 Å². The van der Waals surface area contributed by atoms with Gasteiger partial charge < -0.3 is 9.72 Å². The molecular formula is C10H8BrN3O. The van der Waals surface area contributed by atoms with Gasteiger partial charge in [-0.15, -0.1) is 5.10 Å². The fourth-order valence-electron chi connectivity index (χ4n) is 1.64. The summed E-state index contributed by atoms with van der Waals surface area (Å²) in [5.41, 5.74) is 4.84. The quantitative estimate of drug-likeness (QED) is 0.831. The Morgan fingerprint density at radius 1 is 1.40 bits per heavy atom. The van der Waals surface area contributed by atoms with Crippen molar-refractivity contribution >= 4 is 32.7 Å². The van der Waals surface area contributed by atoms with E-state index in [1.54, 1.807) is 0 Å². The lowest BCUT2D eigenvalue weighted by Crippen LogP contribution is -2.01. The molecule has 0 aliphatic carbocycles. The van der Waals surface area contributed by atoms with Crippen molar-refractivity contribution in [3.63, 3.8) is 0 Å². The van der Waals surface area contributed by atoms with E-state index in [2.05, 4.69) is 31.4 Å². The van der Waals surface area contributed by atoms with Crippen molar-refractivity contribution < 1.29 is 4.74 Å². The Labute approximate surface area is 94.4 Å². The number of ether oxygens (including phenoxy) is 1. The SMILES string of the molecule is Brc1ccc2[nH]cc(C3=NNCO3)c2c1. The van der Waals surface area contributed by atoms with E-state index in [1.807, 2.05) is 24.4 Å². The molecule has 1 aromatic carbocycles. The molecule has 5 heteroatoms. The lowest BCUT2D eigenvalue weighted by molar-refractivity contribution is 0.317. The number of hydrogen-bond donors (Lipinski definition) is 2. The Morgan fingerprint density at radius 2 is 2.33 bits per heavy atom. The predicted octanol–water partition coefficient (Wildman–Crippen LogP) is 2.17. The molecule has 1 aromatic heterocycles. The molecule has 0 bridgehead atoms. The molecule has 3 rings (SSSR count). The zero-order valence-corrected chi connectivity index (χ0v) is 9.34. The second-order valence-corrected chi connectivity index (χ2v) is 4.17. The molecule has 0 saturated carbocycles. The van der Waals surface area contributed by atoms with E-state index in [-0.39, 0.29) is 0 Å². The van der Waals surface area contributed by atoms with Gasteiger partial charge in [0.25, 0.3) is 0 Å². The van der Waals surface area contributed by atoms with E-state index in [0.29, 0.717) is 12.6 Å². The second kappa shape index (κ2) is 3.27. The highest BCUT2D eigenvalue weighted by atomic mass is 79.9. The Kier molecular flexibility index (Phi) is 1.92. The van der Waals surface area contributed by atoms with Crippen LogP contribution in [0.15, 0.2) is 34.0 Å². The van der Waals surface area contributed by atoms with E-state index < -0.39 is 0 Å². The normalized spacial score (nSPS) is 14.9. The van der Waals surface area contributed by atoms with Crippen LogP contribution in [0.2, 0.25) is 0 Å². The number of fused-ring (bicyclic) bond motifs is 1. The number of aromatic amines is 1. The molecule has 0 fully saturated rings. The Hall–Kier alpha value is -1.49. The summed E-state index contributed by atoms with van der Waals surface area (Å²) in [6.07, 6.45) is 1.91. The number of H-pyrrole nitrogens is 1. The lowest BCUT2D eigenvalue weighted by atomic mass is 10.2. The average Bonchev–Trinajstić information content (AvgIpc) is 2.83. The minimum Gasteiger partial charge on any atom is -0.453 e. The molecule has 0 spiro atoms. The minimum absolute atomic E-state index is 0.440. The molecule has 2 heterocycles. The fraction of sp³-hybridized carbons (Fsp3) is 0.100. The molecule has 0 radical (unpaired) electrons. The van der Waals surface area contributed by atoms with Crippen molar-refractivity contribution in [2.24, 2.45) is 5.10 Å². The Morgan fingerprint density at radius 3 is 3.13 bits per heavy atom. The zero-order chi connectivity index (χ0) is 10.3. The lowest BCUT2D eigenvalue weighted by Gasteiger charge is -1.98. The number of nitrogens with one attached hydrogen (secondary N) is 2. The highest BCUT2D eigenvalue weighted by molar-refractivity contribution is 9.10. The maximum absolute atomic E-state index is 5.35. The van der Waals surface area contributed by atoms with Crippen LogP contribution >= 0.6 is 15.9 Å². The van der Waals surface area contributed by atoms with E-state index in [4.69, 9.17) is 4.74 Å². The smallest absolute Gasteiger partial charge is 0.241 e. The molecular weight excluding hydrogens is 258 g/mol. The van der Waals surface area contributed by atoms with Gasteiger partial charge in [-0.2, -0.15) is 0 Å². The molecule has 1 aliphatic heterocycles. The van der Waals surface area contributed by atoms with Gasteiger partial charge in [0.2, 0.25) is 5.90 Å². The van der Waals surface area contributed by atoms with Gasteiger partial charge in [0.1, 0.15) is 0 Å². The maximum atomic E-state index is 5.35. The van der Waals surface area contributed by atoms with Gasteiger partial charge in [-0.25, -0.2) is 0 Å². The summed E-state index contributed by atoms with van der Waals surface area (Å²) in [5, 5.41) is 5.17. The number of hydrazone groups is 1. The largest absolute Gasteiger partial charge is 0.453 e. The van der Waals surface area contributed by atoms with Gasteiger partial charge in [0.15, 0.2) is 6.73 Å². The summed E-state index contributed by atoms with van der Waals surface area (Å²) in [5.74, 6) is 0.638. The second-order valence-electron chi connectivity index (χ2n) is 3.26. The number of rotatable bonds is 1. The maximum Gasteiger partial charge on any atom is 0.241 e. The monoisotopic (exact) mass is 265 g/mol. The minimum atomic E-state index is 0.440. The third-order valence-electron chi connectivity index (χ3n) is 2.33. The van der Waals surface area contributed by atoms with Crippen molar-refractivity contribution in [2.75, 3.05) is 6.73 Å². The molecule has 0 amide bonds. The molecule has 0 atom stereocenters. The van der Waals surface area contributed by atoms with E-state index in [9.17, 15) is 0 Å². The summed E-state index contributed by atoms with van der Waals surface area (Å²) < 4.78 is 6.39. The standard InChI is InChI=1S/C10H8BrN3O/c11-6-1-2-9-7(3-6)8(4-12-9)10-14-13-5-15-10/h1-4,12-13H,5H2. The average molecular weight is 266 g/mol. The van der Waals surface area contributed by atoms with Crippen LogP contribution in [-0.4, -0.2) is 17.6 Å². The molecule has 0 unspecified atom stereocenters. The van der Waals surface area contributed by atoms with Crippen molar-refractivity contribution in [1.82, 2.24) is 10.4 Å². The zero-order valence-electron chi connectivity index (χ0n) is 7.75. The van der Waals surface area contributed by atoms with Crippen LogP contribution in [0.5, 0.6) is 0 Å². The van der Waals surface area contributed by atoms with E-state index in [1.165, 1.54) is 0 Å². The van der Waals surface area contributed by atoms with Crippen LogP contribution in [0.4, 0.5) is 0 Å². The summed E-state index contributed by atoms with van der Waals surface area (Å²) in [4.78, 5) is 3.18. The number of halogens is 1. The van der Waals surface area contributed by atoms with Crippen LogP contribution in [0.1, 0.15) is 5.56 Å². The van der Waals surface area contributed by atoms with Gasteiger partial charge in [0.05, 0.1) is 5.56 Å². The molecule has 2 N–H and O–H groups in total. The first-order valence-electron chi connectivity index (χ1n) is 4.55. The predicted molar refractivity (Wildman–Crippen MR) is 61.6 cm³/mol.